The van der Waals surface area contributed by atoms with Gasteiger partial charge in [-0.3, -0.25) is 4.79 Å². The number of nitrogens with two attached hydrogens (primary N) is 1. The summed E-state index contributed by atoms with van der Waals surface area (Å²) in [5, 5.41) is 1.21. The smallest absolute Gasteiger partial charge is 0.230 e. The Morgan fingerprint density at radius 3 is 2.65 bits per heavy atom. The van der Waals surface area contributed by atoms with E-state index in [0.29, 0.717) is 5.03 Å². The molecule has 1 atom stereocenters. The van der Waals surface area contributed by atoms with E-state index < -0.39 is 11.2 Å². The van der Waals surface area contributed by atoms with Crippen molar-refractivity contribution in [3.05, 3.63) is 41.3 Å². The van der Waals surface area contributed by atoms with Crippen LogP contribution in [-0.2, 0) is 4.79 Å². The highest BCUT2D eigenvalue weighted by Gasteiger charge is 2.20. The number of benzene rings is 1. The van der Waals surface area contributed by atoms with Gasteiger partial charge < -0.3 is 5.73 Å². The lowest BCUT2D eigenvalue weighted by molar-refractivity contribution is -0.117. The minimum atomic E-state index is -0.394. The van der Waals surface area contributed by atoms with Gasteiger partial charge in [0.1, 0.15) is 22.0 Å². The quantitative estimate of drug-likeness (QED) is 0.576. The second-order valence-electron chi connectivity index (χ2n) is 5.06. The summed E-state index contributed by atoms with van der Waals surface area (Å²) < 4.78 is 13.2. The average molecular weight is 347 g/mol. The molecule has 118 valence electrons. The Morgan fingerprint density at radius 1 is 1.30 bits per heavy atom. The van der Waals surface area contributed by atoms with Gasteiger partial charge in [-0.25, -0.2) is 14.4 Å². The monoisotopic (exact) mass is 347 g/mol. The van der Waals surface area contributed by atoms with Crippen LogP contribution in [0.5, 0.6) is 0 Å². The van der Waals surface area contributed by atoms with E-state index in [1.165, 1.54) is 30.2 Å². The Morgan fingerprint density at radius 2 is 2.00 bits per heavy atom. The van der Waals surface area contributed by atoms with E-state index in [0.717, 1.165) is 26.2 Å². The van der Waals surface area contributed by atoms with Crippen molar-refractivity contribution in [1.29, 1.82) is 0 Å². The zero-order valence-electron chi connectivity index (χ0n) is 12.5. The summed E-state index contributed by atoms with van der Waals surface area (Å²) >= 11 is 2.87. The predicted octanol–water partition coefficient (Wildman–Crippen LogP) is 3.77. The van der Waals surface area contributed by atoms with Gasteiger partial charge in [0, 0.05) is 10.4 Å². The molecule has 0 saturated carbocycles. The molecule has 2 N–H and O–H groups in total. The zero-order chi connectivity index (χ0) is 16.6. The summed E-state index contributed by atoms with van der Waals surface area (Å²) in [5.74, 6) is -0.670. The Bertz CT molecular complexity index is 877. The van der Waals surface area contributed by atoms with Gasteiger partial charge in [-0.15, -0.1) is 11.3 Å². The van der Waals surface area contributed by atoms with Crippen molar-refractivity contribution in [2.24, 2.45) is 5.73 Å². The van der Waals surface area contributed by atoms with Crippen LogP contribution >= 0.6 is 23.1 Å². The molecule has 1 amide bonds. The summed E-state index contributed by atoms with van der Waals surface area (Å²) in [6, 6.07) is 6.34. The molecule has 0 aliphatic rings. The summed E-state index contributed by atoms with van der Waals surface area (Å²) in [4.78, 5) is 21.9. The first-order valence-electron chi connectivity index (χ1n) is 6.93. The number of carbonyl (C=O) groups excluding carboxylic acids is 1. The first kappa shape index (κ1) is 15.9. The molecule has 2 aromatic heterocycles. The summed E-state index contributed by atoms with van der Waals surface area (Å²) in [7, 11) is 0. The topological polar surface area (TPSA) is 68.9 Å². The highest BCUT2D eigenvalue weighted by molar-refractivity contribution is 8.00. The van der Waals surface area contributed by atoms with Gasteiger partial charge in [0.05, 0.1) is 10.6 Å². The molecular weight excluding hydrogens is 333 g/mol. The summed E-state index contributed by atoms with van der Waals surface area (Å²) in [6.07, 6.45) is 1.49. The third-order valence-electron chi connectivity index (χ3n) is 3.45. The maximum Gasteiger partial charge on any atom is 0.230 e. The molecule has 1 unspecified atom stereocenters. The number of aryl methyl sites for hydroxylation is 1. The van der Waals surface area contributed by atoms with Crippen molar-refractivity contribution in [2.45, 2.75) is 24.1 Å². The Hall–Kier alpha value is -1.99. The van der Waals surface area contributed by atoms with Gasteiger partial charge in [-0.05, 0) is 31.5 Å². The zero-order valence-corrected chi connectivity index (χ0v) is 14.2. The maximum absolute atomic E-state index is 13.2. The Labute approximate surface area is 140 Å². The molecule has 0 aliphatic heterocycles. The molecule has 3 aromatic rings. The number of rotatable bonds is 4. The molecule has 2 heterocycles. The SMILES string of the molecule is Cc1sc2ncnc(SC(C)C(N)=O)c2c1-c1ccc(F)cc1. The van der Waals surface area contributed by atoms with Crippen LogP contribution in [0.3, 0.4) is 0 Å². The van der Waals surface area contributed by atoms with Gasteiger partial charge in [0.25, 0.3) is 0 Å². The number of aromatic nitrogens is 2. The normalized spacial score (nSPS) is 12.5. The molecule has 3 rings (SSSR count). The van der Waals surface area contributed by atoms with E-state index in [-0.39, 0.29) is 5.82 Å². The van der Waals surface area contributed by atoms with Crippen molar-refractivity contribution in [1.82, 2.24) is 9.97 Å². The fourth-order valence-corrected chi connectivity index (χ4v) is 4.25. The minimum absolute atomic E-state index is 0.279. The van der Waals surface area contributed by atoms with Gasteiger partial charge in [-0.1, -0.05) is 23.9 Å². The average Bonchev–Trinajstić information content (AvgIpc) is 2.85. The van der Waals surface area contributed by atoms with Crippen molar-refractivity contribution in [3.63, 3.8) is 0 Å². The molecule has 23 heavy (non-hydrogen) atoms. The van der Waals surface area contributed by atoms with Crippen LogP contribution in [-0.4, -0.2) is 21.1 Å². The third kappa shape index (κ3) is 3.07. The first-order chi connectivity index (χ1) is 11.0. The number of nitrogens with zero attached hydrogens (tertiary/aromatic N) is 2. The molecular formula is C16H14FN3OS2. The number of carbonyl (C=O) groups is 1. The van der Waals surface area contributed by atoms with Gasteiger partial charge in [0.15, 0.2) is 0 Å². The van der Waals surface area contributed by atoms with E-state index in [1.54, 1.807) is 30.4 Å². The maximum atomic E-state index is 13.2. The van der Waals surface area contributed by atoms with Gasteiger partial charge in [0.2, 0.25) is 5.91 Å². The highest BCUT2D eigenvalue weighted by Crippen LogP contribution is 2.41. The van der Waals surface area contributed by atoms with Gasteiger partial charge >= 0.3 is 0 Å². The molecule has 7 heteroatoms. The number of hydrogen-bond donors (Lipinski definition) is 1. The van der Waals surface area contributed by atoms with E-state index in [9.17, 15) is 9.18 Å². The minimum Gasteiger partial charge on any atom is -0.369 e. The van der Waals surface area contributed by atoms with Crippen molar-refractivity contribution < 1.29 is 9.18 Å². The summed E-state index contributed by atoms with van der Waals surface area (Å²) in [6.45, 7) is 3.74. The molecule has 0 radical (unpaired) electrons. The summed E-state index contributed by atoms with van der Waals surface area (Å²) in [5.41, 5.74) is 7.23. The number of primary amides is 1. The van der Waals surface area contributed by atoms with Crippen molar-refractivity contribution in [2.75, 3.05) is 0 Å². The number of amides is 1. The van der Waals surface area contributed by atoms with Crippen LogP contribution in [0.1, 0.15) is 11.8 Å². The van der Waals surface area contributed by atoms with E-state index in [2.05, 4.69) is 9.97 Å². The highest BCUT2D eigenvalue weighted by atomic mass is 32.2. The Kier molecular flexibility index (Phi) is 4.32. The lowest BCUT2D eigenvalue weighted by Crippen LogP contribution is -2.22. The second-order valence-corrected chi connectivity index (χ2v) is 7.59. The number of halogens is 1. The molecule has 0 bridgehead atoms. The molecule has 0 aliphatic carbocycles. The van der Waals surface area contributed by atoms with Crippen LogP contribution in [0.15, 0.2) is 35.6 Å². The largest absolute Gasteiger partial charge is 0.369 e. The molecule has 0 spiro atoms. The van der Waals surface area contributed by atoms with E-state index in [4.69, 9.17) is 5.73 Å². The molecule has 1 aromatic carbocycles. The van der Waals surface area contributed by atoms with E-state index in [1.807, 2.05) is 6.92 Å². The van der Waals surface area contributed by atoms with Crippen LogP contribution in [0.4, 0.5) is 4.39 Å². The number of fused-ring (bicyclic) bond motifs is 1. The lowest BCUT2D eigenvalue weighted by Gasteiger charge is -2.09. The number of thioether (sulfide) groups is 1. The van der Waals surface area contributed by atoms with Crippen molar-refractivity contribution >= 4 is 39.2 Å². The second kappa shape index (κ2) is 6.25. The molecule has 0 fully saturated rings. The third-order valence-corrected chi connectivity index (χ3v) is 5.58. The van der Waals surface area contributed by atoms with E-state index >= 15 is 0 Å². The number of thiophene rings is 1. The molecule has 4 nitrogen and oxygen atoms in total. The van der Waals surface area contributed by atoms with Crippen LogP contribution in [0, 0.1) is 12.7 Å². The Balaban J connectivity index is 2.19. The van der Waals surface area contributed by atoms with Gasteiger partial charge in [-0.2, -0.15) is 0 Å². The van der Waals surface area contributed by atoms with Crippen molar-refractivity contribution in [3.8, 4) is 11.1 Å². The fraction of sp³-hybridized carbons (Fsp3) is 0.188. The fourth-order valence-electron chi connectivity index (χ4n) is 2.30. The molecule has 0 saturated heterocycles. The van der Waals surface area contributed by atoms with Crippen LogP contribution in [0.25, 0.3) is 21.3 Å². The first-order valence-corrected chi connectivity index (χ1v) is 8.63. The number of hydrogen-bond acceptors (Lipinski definition) is 5. The standard InChI is InChI=1S/C16H14FN3OS2/c1-8-12(10-3-5-11(17)6-4-10)13-15(22-8)19-7-20-16(13)23-9(2)14(18)21/h3-7,9H,1-2H3,(H2,18,21). The van der Waals surface area contributed by atoms with Crippen LogP contribution < -0.4 is 5.73 Å². The predicted molar refractivity (Wildman–Crippen MR) is 92.1 cm³/mol. The lowest BCUT2D eigenvalue weighted by atomic mass is 10.0. The van der Waals surface area contributed by atoms with Crippen LogP contribution in [0.2, 0.25) is 0 Å².